The van der Waals surface area contributed by atoms with Crippen LogP contribution >= 0.6 is 0 Å². The monoisotopic (exact) mass is 208 g/mol. The van der Waals surface area contributed by atoms with Crippen molar-refractivity contribution >= 4 is 5.97 Å². The fraction of sp³-hybridized carbons (Fsp3) is 0.636. The summed E-state index contributed by atoms with van der Waals surface area (Å²) in [6, 6.07) is 0. The standard InChI is InChI=1S/C11H16N2O2/c1-2-13-8-9(7-12-13)11(10(14)15)5-3-4-6-11/h7-8H,2-6H2,1H3,(H,14,15). The Bertz CT molecular complexity index is 364. The van der Waals surface area contributed by atoms with Gasteiger partial charge in [0.1, 0.15) is 0 Å². The molecule has 4 heteroatoms. The molecule has 1 aromatic rings. The third-order valence-corrected chi connectivity index (χ3v) is 3.38. The van der Waals surface area contributed by atoms with E-state index in [1.807, 2.05) is 13.1 Å². The van der Waals surface area contributed by atoms with Crippen LogP contribution < -0.4 is 0 Å². The molecule has 82 valence electrons. The maximum absolute atomic E-state index is 11.4. The zero-order chi connectivity index (χ0) is 10.9. The highest BCUT2D eigenvalue weighted by atomic mass is 16.4. The van der Waals surface area contributed by atoms with Crippen molar-refractivity contribution in [1.29, 1.82) is 0 Å². The van der Waals surface area contributed by atoms with E-state index in [0.29, 0.717) is 0 Å². The molecular weight excluding hydrogens is 192 g/mol. The quantitative estimate of drug-likeness (QED) is 0.824. The molecule has 4 nitrogen and oxygen atoms in total. The van der Waals surface area contributed by atoms with Crippen molar-refractivity contribution in [1.82, 2.24) is 9.78 Å². The van der Waals surface area contributed by atoms with Crippen LogP contribution in [0.15, 0.2) is 12.4 Å². The zero-order valence-corrected chi connectivity index (χ0v) is 8.94. The number of rotatable bonds is 3. The lowest BCUT2D eigenvalue weighted by Gasteiger charge is -2.21. The summed E-state index contributed by atoms with van der Waals surface area (Å²) in [6.45, 7) is 2.79. The number of hydrogen-bond donors (Lipinski definition) is 1. The summed E-state index contributed by atoms with van der Waals surface area (Å²) in [4.78, 5) is 11.4. The van der Waals surface area contributed by atoms with E-state index in [2.05, 4.69) is 5.10 Å². The minimum absolute atomic E-state index is 0.659. The number of aryl methyl sites for hydroxylation is 1. The SMILES string of the molecule is CCn1cc(C2(C(=O)O)CCCC2)cn1. The predicted octanol–water partition coefficient (Wildman–Crippen LogP) is 1.80. The van der Waals surface area contributed by atoms with Crippen molar-refractivity contribution in [2.45, 2.75) is 44.6 Å². The normalized spacial score (nSPS) is 19.3. The van der Waals surface area contributed by atoms with Gasteiger partial charge in [0, 0.05) is 18.3 Å². The zero-order valence-electron chi connectivity index (χ0n) is 8.94. The van der Waals surface area contributed by atoms with Crippen molar-refractivity contribution < 1.29 is 9.90 Å². The molecule has 1 aliphatic carbocycles. The Labute approximate surface area is 88.9 Å². The number of aliphatic carboxylic acids is 1. The van der Waals surface area contributed by atoms with Gasteiger partial charge < -0.3 is 5.11 Å². The lowest BCUT2D eigenvalue weighted by molar-refractivity contribution is -0.143. The third-order valence-electron chi connectivity index (χ3n) is 3.38. The summed E-state index contributed by atoms with van der Waals surface area (Å²) < 4.78 is 1.79. The first-order valence-electron chi connectivity index (χ1n) is 5.45. The van der Waals surface area contributed by atoms with Crippen molar-refractivity contribution in [2.24, 2.45) is 0 Å². The van der Waals surface area contributed by atoms with E-state index in [1.165, 1.54) is 0 Å². The van der Waals surface area contributed by atoms with E-state index in [9.17, 15) is 9.90 Å². The molecule has 0 aliphatic heterocycles. The molecule has 1 fully saturated rings. The van der Waals surface area contributed by atoms with Gasteiger partial charge in [-0.15, -0.1) is 0 Å². The second-order valence-corrected chi connectivity index (χ2v) is 4.18. The fourth-order valence-electron chi connectivity index (χ4n) is 2.39. The number of hydrogen-bond acceptors (Lipinski definition) is 2. The highest BCUT2D eigenvalue weighted by Gasteiger charge is 2.43. The van der Waals surface area contributed by atoms with Gasteiger partial charge in [-0.1, -0.05) is 12.8 Å². The summed E-state index contributed by atoms with van der Waals surface area (Å²) in [5, 5.41) is 13.5. The first-order valence-corrected chi connectivity index (χ1v) is 5.45. The molecule has 0 atom stereocenters. The van der Waals surface area contributed by atoms with E-state index in [4.69, 9.17) is 0 Å². The van der Waals surface area contributed by atoms with Crippen LogP contribution in [0.2, 0.25) is 0 Å². The molecule has 2 rings (SSSR count). The second-order valence-electron chi connectivity index (χ2n) is 4.18. The van der Waals surface area contributed by atoms with Crippen molar-refractivity contribution in [3.8, 4) is 0 Å². The van der Waals surface area contributed by atoms with Gasteiger partial charge >= 0.3 is 5.97 Å². The molecule has 0 spiro atoms. The van der Waals surface area contributed by atoms with E-state index >= 15 is 0 Å². The lowest BCUT2D eigenvalue weighted by Crippen LogP contribution is -2.32. The largest absolute Gasteiger partial charge is 0.481 e. The van der Waals surface area contributed by atoms with Crippen LogP contribution in [-0.2, 0) is 16.8 Å². The highest BCUT2D eigenvalue weighted by Crippen LogP contribution is 2.41. The Morgan fingerprint density at radius 1 is 1.60 bits per heavy atom. The molecule has 0 radical (unpaired) electrons. The van der Waals surface area contributed by atoms with Gasteiger partial charge in [-0.3, -0.25) is 9.48 Å². The molecule has 0 saturated heterocycles. The molecule has 1 aromatic heterocycles. The number of carbonyl (C=O) groups is 1. The second kappa shape index (κ2) is 3.68. The minimum Gasteiger partial charge on any atom is -0.481 e. The molecule has 0 bridgehead atoms. The minimum atomic E-state index is -0.698. The van der Waals surface area contributed by atoms with Crippen LogP contribution in [0.1, 0.15) is 38.2 Å². The van der Waals surface area contributed by atoms with Gasteiger partial charge in [-0.05, 0) is 19.8 Å². The molecule has 1 N–H and O–H groups in total. The molecule has 0 unspecified atom stereocenters. The summed E-state index contributed by atoms with van der Waals surface area (Å²) in [5.41, 5.74) is 0.210. The van der Waals surface area contributed by atoms with Gasteiger partial charge in [-0.25, -0.2) is 0 Å². The number of carboxylic acid groups (broad SMARTS) is 1. The maximum atomic E-state index is 11.4. The van der Waals surface area contributed by atoms with E-state index in [-0.39, 0.29) is 0 Å². The number of nitrogens with zero attached hydrogens (tertiary/aromatic N) is 2. The topological polar surface area (TPSA) is 55.1 Å². The summed E-state index contributed by atoms with van der Waals surface area (Å²) in [7, 11) is 0. The van der Waals surface area contributed by atoms with Crippen LogP contribution in [0.3, 0.4) is 0 Å². The highest BCUT2D eigenvalue weighted by molar-refractivity contribution is 5.81. The van der Waals surface area contributed by atoms with Crippen LogP contribution in [0.5, 0.6) is 0 Å². The lowest BCUT2D eigenvalue weighted by atomic mass is 9.81. The first-order chi connectivity index (χ1) is 7.19. The molecule has 1 saturated carbocycles. The average molecular weight is 208 g/mol. The Balaban J connectivity index is 2.36. The van der Waals surface area contributed by atoms with E-state index < -0.39 is 11.4 Å². The predicted molar refractivity (Wildman–Crippen MR) is 55.7 cm³/mol. The fourth-order valence-corrected chi connectivity index (χ4v) is 2.39. The molecule has 15 heavy (non-hydrogen) atoms. The van der Waals surface area contributed by atoms with Gasteiger partial charge in [0.2, 0.25) is 0 Å². The van der Waals surface area contributed by atoms with Crippen molar-refractivity contribution in [3.05, 3.63) is 18.0 Å². The molecule has 0 amide bonds. The van der Waals surface area contributed by atoms with Crippen molar-refractivity contribution in [3.63, 3.8) is 0 Å². The Morgan fingerprint density at radius 2 is 2.27 bits per heavy atom. The number of aromatic nitrogens is 2. The number of carboxylic acids is 1. The van der Waals surface area contributed by atoms with Gasteiger partial charge in [0.25, 0.3) is 0 Å². The van der Waals surface area contributed by atoms with Gasteiger partial charge in [0.05, 0.1) is 11.6 Å². The smallest absolute Gasteiger partial charge is 0.314 e. The third kappa shape index (κ3) is 1.54. The summed E-state index contributed by atoms with van der Waals surface area (Å²) in [6.07, 6.45) is 7.09. The Morgan fingerprint density at radius 3 is 2.73 bits per heavy atom. The maximum Gasteiger partial charge on any atom is 0.314 e. The van der Waals surface area contributed by atoms with Crippen LogP contribution in [-0.4, -0.2) is 20.9 Å². The molecule has 1 heterocycles. The first kappa shape index (κ1) is 10.2. The van der Waals surface area contributed by atoms with Gasteiger partial charge in [0.15, 0.2) is 0 Å². The van der Waals surface area contributed by atoms with E-state index in [1.54, 1.807) is 10.9 Å². The molecule has 1 aliphatic rings. The van der Waals surface area contributed by atoms with E-state index in [0.717, 1.165) is 37.8 Å². The van der Waals surface area contributed by atoms with Crippen LogP contribution in [0.4, 0.5) is 0 Å². The average Bonchev–Trinajstić information content (AvgIpc) is 2.87. The van der Waals surface area contributed by atoms with Gasteiger partial charge in [-0.2, -0.15) is 5.10 Å². The Hall–Kier alpha value is -1.32. The van der Waals surface area contributed by atoms with Crippen molar-refractivity contribution in [2.75, 3.05) is 0 Å². The molecule has 0 aromatic carbocycles. The molecular formula is C11H16N2O2. The summed E-state index contributed by atoms with van der Waals surface area (Å²) in [5.74, 6) is -0.698. The van der Waals surface area contributed by atoms with Crippen LogP contribution in [0, 0.1) is 0 Å². The summed E-state index contributed by atoms with van der Waals surface area (Å²) >= 11 is 0. The van der Waals surface area contributed by atoms with Crippen LogP contribution in [0.25, 0.3) is 0 Å². The Kier molecular flexibility index (Phi) is 2.50.